The van der Waals surface area contributed by atoms with Gasteiger partial charge in [0.15, 0.2) is 5.16 Å². The molecule has 1 aromatic carbocycles. The highest BCUT2D eigenvalue weighted by Gasteiger charge is 2.14. The van der Waals surface area contributed by atoms with Crippen LogP contribution in [0.1, 0.15) is 32.3 Å². The second-order valence-corrected chi connectivity index (χ2v) is 6.38. The van der Waals surface area contributed by atoms with Crippen molar-refractivity contribution in [2.75, 3.05) is 18.8 Å². The minimum atomic E-state index is 0.157. The van der Waals surface area contributed by atoms with Crippen LogP contribution < -0.4 is 0 Å². The van der Waals surface area contributed by atoms with Crippen LogP contribution in [0.15, 0.2) is 35.7 Å². The molecule has 0 saturated heterocycles. The van der Waals surface area contributed by atoms with E-state index in [4.69, 9.17) is 0 Å². The van der Waals surface area contributed by atoms with Crippen molar-refractivity contribution in [2.45, 2.75) is 38.8 Å². The maximum atomic E-state index is 12.3. The molecule has 0 aliphatic rings. The summed E-state index contributed by atoms with van der Waals surface area (Å²) < 4.78 is 1.92. The summed E-state index contributed by atoms with van der Waals surface area (Å²) in [6.45, 7) is 7.80. The lowest BCUT2D eigenvalue weighted by Gasteiger charge is -2.20. The highest BCUT2D eigenvalue weighted by Crippen LogP contribution is 2.20. The van der Waals surface area contributed by atoms with E-state index in [2.05, 4.69) is 36.2 Å². The number of unbranched alkanes of at least 4 members (excludes halogenated alkanes) is 1. The van der Waals surface area contributed by atoms with E-state index in [0.717, 1.165) is 36.8 Å². The van der Waals surface area contributed by atoms with E-state index in [1.54, 1.807) is 6.33 Å². The van der Waals surface area contributed by atoms with Crippen LogP contribution in [0.25, 0.3) is 5.69 Å². The number of nitrogens with zero attached hydrogens (tertiary/aromatic N) is 4. The number of aryl methyl sites for hydroxylation is 1. The molecular weight excluding hydrogens is 308 g/mol. The Morgan fingerprint density at radius 1 is 1.26 bits per heavy atom. The third-order valence-corrected chi connectivity index (χ3v) is 4.60. The molecule has 1 aromatic heterocycles. The topological polar surface area (TPSA) is 51.0 Å². The summed E-state index contributed by atoms with van der Waals surface area (Å²) >= 11 is 1.44. The lowest BCUT2D eigenvalue weighted by molar-refractivity contribution is -0.128. The number of carbonyl (C=O) groups is 1. The Morgan fingerprint density at radius 3 is 2.65 bits per heavy atom. The van der Waals surface area contributed by atoms with Crippen molar-refractivity contribution in [2.24, 2.45) is 0 Å². The summed E-state index contributed by atoms with van der Waals surface area (Å²) in [7, 11) is 0. The van der Waals surface area contributed by atoms with Gasteiger partial charge in [0.1, 0.15) is 6.33 Å². The van der Waals surface area contributed by atoms with E-state index in [1.165, 1.54) is 17.3 Å². The SMILES string of the molecule is CCCCN(CC)C(=O)CSc1nncn1-c1ccc(C)cc1. The van der Waals surface area contributed by atoms with Crippen molar-refractivity contribution in [3.05, 3.63) is 36.2 Å². The molecule has 0 atom stereocenters. The van der Waals surface area contributed by atoms with Gasteiger partial charge in [-0.1, -0.05) is 42.8 Å². The number of hydrogen-bond donors (Lipinski definition) is 0. The van der Waals surface area contributed by atoms with Gasteiger partial charge in [-0.3, -0.25) is 9.36 Å². The fourth-order valence-corrected chi connectivity index (χ4v) is 3.06. The van der Waals surface area contributed by atoms with Crippen molar-refractivity contribution in [1.82, 2.24) is 19.7 Å². The van der Waals surface area contributed by atoms with Crippen molar-refractivity contribution in [3.8, 4) is 5.69 Å². The van der Waals surface area contributed by atoms with Crippen LogP contribution in [0, 0.1) is 6.92 Å². The van der Waals surface area contributed by atoms with Crippen LogP contribution in [0.2, 0.25) is 0 Å². The van der Waals surface area contributed by atoms with Crippen LogP contribution in [-0.4, -0.2) is 44.4 Å². The van der Waals surface area contributed by atoms with Crippen LogP contribution >= 0.6 is 11.8 Å². The van der Waals surface area contributed by atoms with Crippen molar-refractivity contribution >= 4 is 17.7 Å². The first-order chi connectivity index (χ1) is 11.2. The van der Waals surface area contributed by atoms with Gasteiger partial charge < -0.3 is 4.90 Å². The predicted molar refractivity (Wildman–Crippen MR) is 94.0 cm³/mol. The first kappa shape index (κ1) is 17.5. The molecule has 0 aliphatic carbocycles. The summed E-state index contributed by atoms with van der Waals surface area (Å²) in [5.41, 5.74) is 2.22. The largest absolute Gasteiger partial charge is 0.342 e. The first-order valence-corrected chi connectivity index (χ1v) is 9.01. The molecule has 0 N–H and O–H groups in total. The number of hydrogen-bond acceptors (Lipinski definition) is 4. The van der Waals surface area contributed by atoms with E-state index in [-0.39, 0.29) is 5.91 Å². The monoisotopic (exact) mass is 332 g/mol. The molecule has 6 heteroatoms. The van der Waals surface area contributed by atoms with Gasteiger partial charge in [0.2, 0.25) is 5.91 Å². The number of carbonyl (C=O) groups excluding carboxylic acids is 1. The lowest BCUT2D eigenvalue weighted by atomic mass is 10.2. The van der Waals surface area contributed by atoms with Crippen LogP contribution in [0.4, 0.5) is 0 Å². The predicted octanol–water partition coefficient (Wildman–Crippen LogP) is 3.32. The maximum absolute atomic E-state index is 12.3. The Balaban J connectivity index is 2.00. The Hall–Kier alpha value is -1.82. The van der Waals surface area contributed by atoms with Gasteiger partial charge in [0, 0.05) is 18.8 Å². The minimum absolute atomic E-state index is 0.157. The van der Waals surface area contributed by atoms with Gasteiger partial charge in [0.05, 0.1) is 5.75 Å². The van der Waals surface area contributed by atoms with Crippen LogP contribution in [-0.2, 0) is 4.79 Å². The Kier molecular flexibility index (Phi) is 6.65. The summed E-state index contributed by atoms with van der Waals surface area (Å²) in [6, 6.07) is 8.17. The average molecular weight is 332 g/mol. The molecule has 0 fully saturated rings. The van der Waals surface area contributed by atoms with E-state index in [9.17, 15) is 4.79 Å². The molecule has 0 aliphatic heterocycles. The third kappa shape index (κ3) is 4.82. The van der Waals surface area contributed by atoms with Gasteiger partial charge in [-0.25, -0.2) is 0 Å². The van der Waals surface area contributed by atoms with Crippen molar-refractivity contribution in [3.63, 3.8) is 0 Å². The van der Waals surface area contributed by atoms with Crippen molar-refractivity contribution in [1.29, 1.82) is 0 Å². The fourth-order valence-electron chi connectivity index (χ4n) is 2.23. The summed E-state index contributed by atoms with van der Waals surface area (Å²) in [5.74, 6) is 0.548. The molecule has 0 unspecified atom stereocenters. The average Bonchev–Trinajstić information content (AvgIpc) is 3.03. The zero-order chi connectivity index (χ0) is 16.7. The van der Waals surface area contributed by atoms with E-state index >= 15 is 0 Å². The molecule has 0 radical (unpaired) electrons. The second kappa shape index (κ2) is 8.72. The first-order valence-electron chi connectivity index (χ1n) is 8.03. The van der Waals surface area contributed by atoms with Crippen LogP contribution in [0.5, 0.6) is 0 Å². The molecule has 1 heterocycles. The molecule has 0 saturated carbocycles. The lowest BCUT2D eigenvalue weighted by Crippen LogP contribution is -2.33. The zero-order valence-corrected chi connectivity index (χ0v) is 14.8. The van der Waals surface area contributed by atoms with Gasteiger partial charge in [0.25, 0.3) is 0 Å². The highest BCUT2D eigenvalue weighted by atomic mass is 32.2. The highest BCUT2D eigenvalue weighted by molar-refractivity contribution is 7.99. The van der Waals surface area contributed by atoms with Crippen molar-refractivity contribution < 1.29 is 4.79 Å². The molecular formula is C17H24N4OS. The van der Waals surface area contributed by atoms with Gasteiger partial charge in [-0.2, -0.15) is 0 Å². The Morgan fingerprint density at radius 2 is 2.00 bits per heavy atom. The molecule has 5 nitrogen and oxygen atoms in total. The summed E-state index contributed by atoms with van der Waals surface area (Å²) in [4.78, 5) is 14.2. The molecule has 124 valence electrons. The standard InChI is InChI=1S/C17H24N4OS/c1-4-6-11-20(5-2)16(22)12-23-17-19-18-13-21(17)15-9-7-14(3)8-10-15/h7-10,13H,4-6,11-12H2,1-3H3. The van der Waals surface area contributed by atoms with Crippen LogP contribution in [0.3, 0.4) is 0 Å². The normalized spacial score (nSPS) is 10.7. The fraction of sp³-hybridized carbons (Fsp3) is 0.471. The minimum Gasteiger partial charge on any atom is -0.342 e. The third-order valence-electron chi connectivity index (χ3n) is 3.67. The second-order valence-electron chi connectivity index (χ2n) is 5.43. The Bertz CT molecular complexity index is 624. The number of amides is 1. The van der Waals surface area contributed by atoms with E-state index < -0.39 is 0 Å². The number of thioether (sulfide) groups is 1. The summed E-state index contributed by atoms with van der Waals surface area (Å²) in [6.07, 6.45) is 3.83. The zero-order valence-electron chi connectivity index (χ0n) is 14.0. The number of aromatic nitrogens is 3. The van der Waals surface area contributed by atoms with Gasteiger partial charge >= 0.3 is 0 Å². The summed E-state index contributed by atoms with van der Waals surface area (Å²) in [5, 5.41) is 8.86. The molecule has 1 amide bonds. The molecule has 0 bridgehead atoms. The smallest absolute Gasteiger partial charge is 0.233 e. The number of benzene rings is 1. The molecule has 2 aromatic rings. The molecule has 23 heavy (non-hydrogen) atoms. The van der Waals surface area contributed by atoms with Gasteiger partial charge in [-0.15, -0.1) is 10.2 Å². The molecule has 0 spiro atoms. The quantitative estimate of drug-likeness (QED) is 0.696. The molecule has 2 rings (SSSR count). The number of rotatable bonds is 8. The van der Waals surface area contributed by atoms with E-state index in [0.29, 0.717) is 5.75 Å². The maximum Gasteiger partial charge on any atom is 0.233 e. The van der Waals surface area contributed by atoms with Gasteiger partial charge in [-0.05, 0) is 32.4 Å². The van der Waals surface area contributed by atoms with E-state index in [1.807, 2.05) is 28.5 Å². The Labute approximate surface area is 142 Å².